The van der Waals surface area contributed by atoms with Crippen LogP contribution in [0.4, 0.5) is 0 Å². The van der Waals surface area contributed by atoms with Crippen molar-refractivity contribution >= 4 is 6.47 Å². The Morgan fingerprint density at radius 2 is 1.74 bits per heavy atom. The van der Waals surface area contributed by atoms with E-state index in [1.165, 1.54) is 37.7 Å². The lowest BCUT2D eigenvalue weighted by Crippen LogP contribution is -2.59. The number of hydrogen-bond acceptors (Lipinski definition) is 2. The maximum absolute atomic E-state index is 10.9. The van der Waals surface area contributed by atoms with Crippen molar-refractivity contribution in [3.05, 3.63) is 35.9 Å². The van der Waals surface area contributed by atoms with Gasteiger partial charge in [0, 0.05) is 5.41 Å². The van der Waals surface area contributed by atoms with Crippen LogP contribution in [-0.4, -0.2) is 12.6 Å². The standard InChI is InChI=1S/C17H20O2/c18-11-19-16-14-7-12-6-13(8-14)10-17(16,9-12)15-4-2-1-3-5-15/h1-5,11-14,16H,6-10H2. The fraction of sp³-hybridized carbons (Fsp3) is 0.588. The van der Waals surface area contributed by atoms with Crippen molar-refractivity contribution in [1.29, 1.82) is 0 Å². The number of hydrogen-bond donors (Lipinski definition) is 0. The largest absolute Gasteiger partial charge is 0.463 e. The van der Waals surface area contributed by atoms with Gasteiger partial charge in [0.2, 0.25) is 0 Å². The molecule has 0 radical (unpaired) electrons. The monoisotopic (exact) mass is 256 g/mol. The van der Waals surface area contributed by atoms with Crippen LogP contribution in [0.1, 0.15) is 37.7 Å². The molecule has 3 unspecified atom stereocenters. The van der Waals surface area contributed by atoms with Gasteiger partial charge in [-0.1, -0.05) is 30.3 Å². The molecule has 2 nitrogen and oxygen atoms in total. The van der Waals surface area contributed by atoms with Crippen LogP contribution in [0.15, 0.2) is 30.3 Å². The first-order valence-electron chi connectivity index (χ1n) is 7.46. The lowest BCUT2D eigenvalue weighted by atomic mass is 9.46. The first-order valence-corrected chi connectivity index (χ1v) is 7.46. The highest BCUT2D eigenvalue weighted by molar-refractivity contribution is 5.40. The quantitative estimate of drug-likeness (QED) is 0.776. The zero-order chi connectivity index (χ0) is 12.9. The second-order valence-electron chi connectivity index (χ2n) is 6.78. The van der Waals surface area contributed by atoms with E-state index in [4.69, 9.17) is 4.74 Å². The Hall–Kier alpha value is -1.31. The molecule has 100 valence electrons. The van der Waals surface area contributed by atoms with Gasteiger partial charge in [-0.15, -0.1) is 0 Å². The average molecular weight is 256 g/mol. The van der Waals surface area contributed by atoms with Crippen molar-refractivity contribution in [3.63, 3.8) is 0 Å². The van der Waals surface area contributed by atoms with E-state index in [0.717, 1.165) is 11.8 Å². The molecule has 0 saturated heterocycles. The first kappa shape index (κ1) is 11.5. The van der Waals surface area contributed by atoms with Crippen LogP contribution < -0.4 is 0 Å². The fourth-order valence-electron chi connectivity index (χ4n) is 5.47. The van der Waals surface area contributed by atoms with Gasteiger partial charge in [-0.05, 0) is 55.4 Å². The molecule has 4 aliphatic rings. The molecule has 0 spiro atoms. The summed E-state index contributed by atoms with van der Waals surface area (Å²) in [5.41, 5.74) is 1.50. The van der Waals surface area contributed by atoms with E-state index in [9.17, 15) is 4.79 Å². The Morgan fingerprint density at radius 1 is 1.05 bits per heavy atom. The first-order chi connectivity index (χ1) is 9.32. The number of benzene rings is 1. The molecule has 19 heavy (non-hydrogen) atoms. The lowest BCUT2D eigenvalue weighted by molar-refractivity contribution is -0.163. The molecule has 1 aromatic rings. The van der Waals surface area contributed by atoms with Crippen LogP contribution in [-0.2, 0) is 14.9 Å². The van der Waals surface area contributed by atoms with E-state index in [0.29, 0.717) is 12.4 Å². The van der Waals surface area contributed by atoms with Crippen molar-refractivity contribution in [2.75, 3.05) is 0 Å². The Morgan fingerprint density at radius 3 is 2.37 bits per heavy atom. The molecule has 1 aromatic carbocycles. The third-order valence-electron chi connectivity index (χ3n) is 5.77. The molecule has 0 N–H and O–H groups in total. The van der Waals surface area contributed by atoms with Gasteiger partial charge in [-0.2, -0.15) is 0 Å². The third-order valence-corrected chi connectivity index (χ3v) is 5.77. The van der Waals surface area contributed by atoms with Crippen molar-refractivity contribution in [2.24, 2.45) is 17.8 Å². The van der Waals surface area contributed by atoms with Crippen LogP contribution in [0.2, 0.25) is 0 Å². The number of carbonyl (C=O) groups excluding carboxylic acids is 1. The predicted octanol–water partition coefficient (Wildman–Crippen LogP) is 3.31. The van der Waals surface area contributed by atoms with E-state index in [1.807, 2.05) is 0 Å². The van der Waals surface area contributed by atoms with E-state index in [2.05, 4.69) is 30.3 Å². The molecule has 4 bridgehead atoms. The molecule has 0 aromatic heterocycles. The Bertz CT molecular complexity index is 467. The van der Waals surface area contributed by atoms with E-state index >= 15 is 0 Å². The summed E-state index contributed by atoms with van der Waals surface area (Å²) in [6, 6.07) is 10.8. The fourth-order valence-corrected chi connectivity index (χ4v) is 5.47. The molecular weight excluding hydrogens is 236 g/mol. The maximum atomic E-state index is 10.9. The molecule has 3 atom stereocenters. The second kappa shape index (κ2) is 4.09. The van der Waals surface area contributed by atoms with Gasteiger partial charge in [0.15, 0.2) is 0 Å². The highest BCUT2D eigenvalue weighted by Crippen LogP contribution is 2.61. The third kappa shape index (κ3) is 1.58. The highest BCUT2D eigenvalue weighted by atomic mass is 16.5. The van der Waals surface area contributed by atoms with Gasteiger partial charge in [0.05, 0.1) is 0 Å². The zero-order valence-electron chi connectivity index (χ0n) is 11.1. The summed E-state index contributed by atoms with van der Waals surface area (Å²) >= 11 is 0. The lowest BCUT2D eigenvalue weighted by Gasteiger charge is -2.60. The van der Waals surface area contributed by atoms with Crippen LogP contribution >= 0.6 is 0 Å². The topological polar surface area (TPSA) is 26.3 Å². The molecule has 2 heteroatoms. The average Bonchev–Trinajstić information content (AvgIpc) is 2.43. The van der Waals surface area contributed by atoms with Crippen molar-refractivity contribution in [2.45, 2.75) is 43.6 Å². The predicted molar refractivity (Wildman–Crippen MR) is 72.6 cm³/mol. The summed E-state index contributed by atoms with van der Waals surface area (Å²) in [7, 11) is 0. The second-order valence-corrected chi connectivity index (χ2v) is 6.78. The molecule has 0 heterocycles. The van der Waals surface area contributed by atoms with Gasteiger partial charge >= 0.3 is 0 Å². The SMILES string of the molecule is O=COC1C2CC3CC(C2)CC1(c1ccccc1)C3. The minimum Gasteiger partial charge on any atom is -0.463 e. The minimum atomic E-state index is 0.108. The molecule has 5 rings (SSSR count). The van der Waals surface area contributed by atoms with Gasteiger partial charge in [-0.3, -0.25) is 4.79 Å². The summed E-state index contributed by atoms with van der Waals surface area (Å²) in [6.45, 7) is 0.678. The summed E-state index contributed by atoms with van der Waals surface area (Å²) < 4.78 is 5.60. The summed E-state index contributed by atoms with van der Waals surface area (Å²) in [6.07, 6.45) is 6.47. The summed E-state index contributed by atoms with van der Waals surface area (Å²) in [5.74, 6) is 2.30. The summed E-state index contributed by atoms with van der Waals surface area (Å²) in [4.78, 5) is 10.9. The van der Waals surface area contributed by atoms with Crippen LogP contribution in [0.25, 0.3) is 0 Å². The van der Waals surface area contributed by atoms with Gasteiger partial charge in [0.1, 0.15) is 6.10 Å². The zero-order valence-corrected chi connectivity index (χ0v) is 11.1. The summed E-state index contributed by atoms with van der Waals surface area (Å²) in [5, 5.41) is 0. The van der Waals surface area contributed by atoms with Crippen LogP contribution in [0.3, 0.4) is 0 Å². The molecule has 4 fully saturated rings. The molecule has 0 amide bonds. The van der Waals surface area contributed by atoms with Crippen molar-refractivity contribution < 1.29 is 9.53 Å². The van der Waals surface area contributed by atoms with Crippen LogP contribution in [0.5, 0.6) is 0 Å². The van der Waals surface area contributed by atoms with Gasteiger partial charge < -0.3 is 4.74 Å². The molecule has 0 aliphatic heterocycles. The molecule has 4 saturated carbocycles. The van der Waals surface area contributed by atoms with E-state index in [1.54, 1.807) is 0 Å². The van der Waals surface area contributed by atoms with Gasteiger partial charge in [0.25, 0.3) is 6.47 Å². The maximum Gasteiger partial charge on any atom is 0.293 e. The van der Waals surface area contributed by atoms with E-state index in [-0.39, 0.29) is 11.5 Å². The van der Waals surface area contributed by atoms with E-state index < -0.39 is 0 Å². The van der Waals surface area contributed by atoms with Gasteiger partial charge in [-0.25, -0.2) is 0 Å². The van der Waals surface area contributed by atoms with Crippen molar-refractivity contribution in [3.8, 4) is 0 Å². The number of rotatable bonds is 3. The van der Waals surface area contributed by atoms with Crippen molar-refractivity contribution in [1.82, 2.24) is 0 Å². The number of carbonyl (C=O) groups is 1. The normalized spacial score (nSPS) is 43.2. The minimum absolute atomic E-state index is 0.108. The van der Waals surface area contributed by atoms with Crippen LogP contribution in [0, 0.1) is 17.8 Å². The molecular formula is C17H20O2. The molecule has 4 aliphatic carbocycles. The number of ether oxygens (including phenoxy) is 1. The Labute approximate surface area is 114 Å². The Balaban J connectivity index is 1.80. The highest BCUT2D eigenvalue weighted by Gasteiger charge is 2.58. The Kier molecular flexibility index (Phi) is 2.48. The smallest absolute Gasteiger partial charge is 0.293 e.